The van der Waals surface area contributed by atoms with Gasteiger partial charge in [-0.05, 0) is 132 Å². The minimum absolute atomic E-state index is 0.785. The molecule has 0 aliphatic heterocycles. The molecule has 3 aromatic heterocycles. The highest BCUT2D eigenvalue weighted by molar-refractivity contribution is 6.14. The summed E-state index contributed by atoms with van der Waals surface area (Å²) in [5, 5.41) is 6.72. The Kier molecular flexibility index (Phi) is 7.47. The third kappa shape index (κ3) is 5.55. The van der Waals surface area contributed by atoms with Crippen molar-refractivity contribution < 1.29 is 13.9 Å². The number of nitrogens with zero attached hydrogens (tertiary/aromatic N) is 2. The Hall–Kier alpha value is -8.02. The third-order valence-electron chi connectivity index (χ3n) is 11.4. The Bertz CT molecular complexity index is 3550. The summed E-state index contributed by atoms with van der Waals surface area (Å²) in [6, 6.07) is 71.6. The van der Waals surface area contributed by atoms with Crippen LogP contribution < -0.4 is 9.47 Å². The van der Waals surface area contributed by atoms with Crippen molar-refractivity contribution in [2.24, 2.45) is 0 Å². The highest BCUT2D eigenvalue weighted by Crippen LogP contribution is 2.41. The van der Waals surface area contributed by atoms with E-state index in [9.17, 15) is 0 Å². The lowest BCUT2D eigenvalue weighted by Crippen LogP contribution is -1.94. The second kappa shape index (κ2) is 13.3. The van der Waals surface area contributed by atoms with Gasteiger partial charge in [0, 0.05) is 43.7 Å². The number of hydrogen-bond donors (Lipinski definition) is 0. The fourth-order valence-corrected chi connectivity index (χ4v) is 8.73. The molecule has 0 N–H and O–H groups in total. The molecule has 0 aliphatic rings. The van der Waals surface area contributed by atoms with Gasteiger partial charge in [0.05, 0.1) is 22.1 Å². The number of aromatic nitrogens is 2. The molecule has 9 aromatic carbocycles. The molecule has 0 fully saturated rings. The maximum atomic E-state index is 6.40. The van der Waals surface area contributed by atoms with Crippen LogP contribution in [0.4, 0.5) is 0 Å². The highest BCUT2D eigenvalue weighted by atomic mass is 16.5. The molecule has 0 radical (unpaired) electrons. The van der Waals surface area contributed by atoms with Crippen LogP contribution in [0.25, 0.3) is 88.1 Å². The molecule has 0 spiro atoms. The van der Waals surface area contributed by atoms with Gasteiger partial charge in [-0.2, -0.15) is 0 Å². The van der Waals surface area contributed by atoms with Crippen LogP contribution in [0.2, 0.25) is 0 Å². The Morgan fingerprint density at radius 3 is 1.32 bits per heavy atom. The van der Waals surface area contributed by atoms with E-state index in [0.29, 0.717) is 0 Å². The Balaban J connectivity index is 1.05. The standard InChI is InChI=1S/C54H34N2O3/c1-4-12-37(13-5-1)55-49-25-20-35(30-44(49)46-33-41(23-27-51(46)55)57-39-14-6-2-7-15-39)36-21-26-50-45(31-36)47-34-42(58-40-16-8-3-9-17-40)24-28-52(47)56(50)38-22-29-54-48(32-38)43-18-10-11-19-53(43)59-54/h1-34H. The first-order valence-corrected chi connectivity index (χ1v) is 19.8. The number of hydrogen-bond acceptors (Lipinski definition) is 3. The molecular formula is C54H34N2O3. The molecule has 12 rings (SSSR count). The number of furan rings is 1. The average molecular weight is 759 g/mol. The molecule has 0 unspecified atom stereocenters. The summed E-state index contributed by atoms with van der Waals surface area (Å²) >= 11 is 0. The van der Waals surface area contributed by atoms with Crippen LogP contribution in [0, 0.1) is 0 Å². The summed E-state index contributed by atoms with van der Waals surface area (Å²) < 4.78 is 23.7. The molecule has 0 amide bonds. The highest BCUT2D eigenvalue weighted by Gasteiger charge is 2.19. The number of fused-ring (bicyclic) bond motifs is 9. The van der Waals surface area contributed by atoms with Gasteiger partial charge in [0.15, 0.2) is 0 Å². The zero-order chi connectivity index (χ0) is 38.9. The Labute approximate surface area is 339 Å². The molecule has 0 atom stereocenters. The predicted molar refractivity (Wildman–Crippen MR) is 241 cm³/mol. The van der Waals surface area contributed by atoms with Crippen LogP contribution >= 0.6 is 0 Å². The molecule has 0 bridgehead atoms. The van der Waals surface area contributed by atoms with Crippen molar-refractivity contribution in [3.8, 4) is 45.5 Å². The molecule has 0 aliphatic carbocycles. The van der Waals surface area contributed by atoms with E-state index in [2.05, 4.69) is 143 Å². The van der Waals surface area contributed by atoms with Crippen molar-refractivity contribution in [3.05, 3.63) is 206 Å². The second-order valence-corrected chi connectivity index (χ2v) is 14.9. The fraction of sp³-hybridized carbons (Fsp3) is 0. The van der Waals surface area contributed by atoms with Crippen LogP contribution in [0.5, 0.6) is 23.0 Å². The summed E-state index contributed by atoms with van der Waals surface area (Å²) in [6.07, 6.45) is 0. The Morgan fingerprint density at radius 1 is 0.288 bits per heavy atom. The van der Waals surface area contributed by atoms with E-state index in [-0.39, 0.29) is 0 Å². The fourth-order valence-electron chi connectivity index (χ4n) is 8.73. The van der Waals surface area contributed by atoms with Crippen molar-refractivity contribution in [2.75, 3.05) is 0 Å². The van der Waals surface area contributed by atoms with Gasteiger partial charge in [0.2, 0.25) is 0 Å². The monoisotopic (exact) mass is 758 g/mol. The van der Waals surface area contributed by atoms with E-state index < -0.39 is 0 Å². The van der Waals surface area contributed by atoms with Crippen LogP contribution in [0.1, 0.15) is 0 Å². The lowest BCUT2D eigenvalue weighted by atomic mass is 10.0. The van der Waals surface area contributed by atoms with E-state index in [4.69, 9.17) is 13.9 Å². The van der Waals surface area contributed by atoms with Gasteiger partial charge in [-0.15, -0.1) is 0 Å². The quantitative estimate of drug-likeness (QED) is 0.163. The molecule has 3 heterocycles. The minimum atomic E-state index is 0.785. The number of ether oxygens (including phenoxy) is 2. The van der Waals surface area contributed by atoms with Crippen LogP contribution in [-0.2, 0) is 0 Å². The van der Waals surface area contributed by atoms with Crippen LogP contribution in [0.3, 0.4) is 0 Å². The lowest BCUT2D eigenvalue weighted by Gasteiger charge is -2.10. The lowest BCUT2D eigenvalue weighted by molar-refractivity contribution is 0.483. The first kappa shape index (κ1) is 33.2. The van der Waals surface area contributed by atoms with E-state index in [1.165, 1.54) is 0 Å². The maximum absolute atomic E-state index is 6.40. The van der Waals surface area contributed by atoms with Crippen LogP contribution in [0.15, 0.2) is 211 Å². The Morgan fingerprint density at radius 2 is 0.746 bits per heavy atom. The van der Waals surface area contributed by atoms with Crippen molar-refractivity contribution in [3.63, 3.8) is 0 Å². The summed E-state index contributed by atoms with van der Waals surface area (Å²) in [5.74, 6) is 3.19. The molecule has 0 saturated carbocycles. The van der Waals surface area contributed by atoms with E-state index in [0.717, 1.165) is 111 Å². The van der Waals surface area contributed by atoms with Crippen molar-refractivity contribution in [1.29, 1.82) is 0 Å². The molecule has 59 heavy (non-hydrogen) atoms. The smallest absolute Gasteiger partial charge is 0.135 e. The van der Waals surface area contributed by atoms with E-state index >= 15 is 0 Å². The van der Waals surface area contributed by atoms with Gasteiger partial charge in [-0.1, -0.05) is 84.9 Å². The second-order valence-electron chi connectivity index (χ2n) is 14.9. The van der Waals surface area contributed by atoms with E-state index in [1.807, 2.05) is 72.8 Å². The number of rotatable bonds is 7. The van der Waals surface area contributed by atoms with Gasteiger partial charge in [0.1, 0.15) is 34.2 Å². The topological polar surface area (TPSA) is 41.5 Å². The van der Waals surface area contributed by atoms with Gasteiger partial charge in [0.25, 0.3) is 0 Å². The van der Waals surface area contributed by atoms with Crippen molar-refractivity contribution in [1.82, 2.24) is 9.13 Å². The minimum Gasteiger partial charge on any atom is -0.457 e. The maximum Gasteiger partial charge on any atom is 0.135 e. The van der Waals surface area contributed by atoms with Crippen LogP contribution in [-0.4, -0.2) is 9.13 Å². The molecular weight excluding hydrogens is 725 g/mol. The zero-order valence-electron chi connectivity index (χ0n) is 31.7. The number of benzene rings is 9. The van der Waals surface area contributed by atoms with Crippen molar-refractivity contribution >= 4 is 65.6 Å². The predicted octanol–water partition coefficient (Wildman–Crippen LogP) is 15.0. The third-order valence-corrected chi connectivity index (χ3v) is 11.4. The first-order valence-electron chi connectivity index (χ1n) is 19.8. The van der Waals surface area contributed by atoms with Gasteiger partial charge in [-0.3, -0.25) is 0 Å². The SMILES string of the molecule is c1ccc(Oc2ccc3c(c2)c2cc(-c4ccc5c(c4)c4cc(Oc6ccccc6)ccc4n5-c4ccc5oc6ccccc6c5c4)ccc2n3-c2ccccc2)cc1. The molecule has 12 aromatic rings. The molecule has 5 nitrogen and oxygen atoms in total. The summed E-state index contributed by atoms with van der Waals surface area (Å²) in [4.78, 5) is 0. The summed E-state index contributed by atoms with van der Waals surface area (Å²) in [5.41, 5.74) is 10.7. The summed E-state index contributed by atoms with van der Waals surface area (Å²) in [7, 11) is 0. The molecule has 0 saturated heterocycles. The van der Waals surface area contributed by atoms with Gasteiger partial charge in [-0.25, -0.2) is 0 Å². The zero-order valence-corrected chi connectivity index (χ0v) is 31.7. The van der Waals surface area contributed by atoms with E-state index in [1.54, 1.807) is 0 Å². The summed E-state index contributed by atoms with van der Waals surface area (Å²) in [6.45, 7) is 0. The number of para-hydroxylation sites is 4. The van der Waals surface area contributed by atoms with Gasteiger partial charge < -0.3 is 23.0 Å². The van der Waals surface area contributed by atoms with Gasteiger partial charge >= 0.3 is 0 Å². The normalized spacial score (nSPS) is 11.7. The van der Waals surface area contributed by atoms with Crippen molar-refractivity contribution in [2.45, 2.75) is 0 Å². The first-order chi connectivity index (χ1) is 29.2. The average Bonchev–Trinajstić information content (AvgIpc) is 3.94. The molecule has 5 heteroatoms. The molecule has 278 valence electrons. The largest absolute Gasteiger partial charge is 0.457 e.